The molecule has 0 radical (unpaired) electrons. The topological polar surface area (TPSA) is 70.7 Å². The number of hydrogen-bond donors (Lipinski definition) is 2. The van der Waals surface area contributed by atoms with E-state index in [0.717, 1.165) is 31.6 Å². The molecule has 2 rings (SSSR count). The Bertz CT molecular complexity index is 430. The summed E-state index contributed by atoms with van der Waals surface area (Å²) in [6.07, 6.45) is 2.18. The molecular formula is C13H19BrN4O. The number of para-hydroxylation sites is 1. The van der Waals surface area contributed by atoms with Crippen molar-refractivity contribution in [2.45, 2.75) is 12.8 Å². The Hall–Kier alpha value is -1.56. The van der Waals surface area contributed by atoms with Crippen molar-refractivity contribution >= 4 is 34.5 Å². The van der Waals surface area contributed by atoms with Crippen LogP contribution in [0.1, 0.15) is 12.8 Å². The number of anilines is 1. The zero-order chi connectivity index (χ0) is 12.8. The molecule has 0 saturated carbocycles. The Morgan fingerprint density at radius 1 is 1.26 bits per heavy atom. The summed E-state index contributed by atoms with van der Waals surface area (Å²) in [4.78, 5) is 17.6. The van der Waals surface area contributed by atoms with Gasteiger partial charge in [0.25, 0.3) is 0 Å². The SMILES string of the molecule is Br.NC(=NCC(=O)N1CCCC1)Nc1ccccc1. The van der Waals surface area contributed by atoms with Gasteiger partial charge in [0.15, 0.2) is 5.96 Å². The molecule has 0 atom stereocenters. The van der Waals surface area contributed by atoms with E-state index < -0.39 is 0 Å². The van der Waals surface area contributed by atoms with Crippen LogP contribution in [0.25, 0.3) is 0 Å². The Morgan fingerprint density at radius 3 is 2.53 bits per heavy atom. The molecule has 1 fully saturated rings. The van der Waals surface area contributed by atoms with E-state index in [1.54, 1.807) is 0 Å². The molecule has 3 N–H and O–H groups in total. The third-order valence-corrected chi connectivity index (χ3v) is 2.89. The molecule has 1 amide bonds. The van der Waals surface area contributed by atoms with Crippen molar-refractivity contribution in [3.63, 3.8) is 0 Å². The van der Waals surface area contributed by atoms with Crippen LogP contribution in [0.2, 0.25) is 0 Å². The number of aliphatic imine (C=N–C) groups is 1. The molecule has 0 aromatic heterocycles. The van der Waals surface area contributed by atoms with Gasteiger partial charge in [0.1, 0.15) is 6.54 Å². The standard InChI is InChI=1S/C13H18N4O.BrH/c14-13(16-11-6-2-1-3-7-11)15-10-12(18)17-8-4-5-9-17;/h1-3,6-7H,4-5,8-10H2,(H3,14,15,16);1H. The van der Waals surface area contributed by atoms with Gasteiger partial charge >= 0.3 is 0 Å². The van der Waals surface area contributed by atoms with Crippen molar-refractivity contribution in [3.8, 4) is 0 Å². The summed E-state index contributed by atoms with van der Waals surface area (Å²) < 4.78 is 0. The van der Waals surface area contributed by atoms with Gasteiger partial charge < -0.3 is 16.0 Å². The first-order valence-electron chi connectivity index (χ1n) is 6.15. The van der Waals surface area contributed by atoms with Crippen molar-refractivity contribution in [2.75, 3.05) is 25.0 Å². The molecule has 1 aromatic carbocycles. The van der Waals surface area contributed by atoms with Crippen molar-refractivity contribution in [3.05, 3.63) is 30.3 Å². The minimum absolute atomic E-state index is 0. The largest absolute Gasteiger partial charge is 0.370 e. The zero-order valence-electron chi connectivity index (χ0n) is 10.7. The third-order valence-electron chi connectivity index (χ3n) is 2.89. The van der Waals surface area contributed by atoms with Crippen LogP contribution in [-0.2, 0) is 4.79 Å². The molecule has 6 heteroatoms. The quantitative estimate of drug-likeness (QED) is 0.655. The fourth-order valence-electron chi connectivity index (χ4n) is 1.93. The fourth-order valence-corrected chi connectivity index (χ4v) is 1.93. The van der Waals surface area contributed by atoms with Gasteiger partial charge in [0.2, 0.25) is 5.91 Å². The number of nitrogens with zero attached hydrogens (tertiary/aromatic N) is 2. The minimum Gasteiger partial charge on any atom is -0.370 e. The molecule has 1 aromatic rings. The number of amides is 1. The lowest BCUT2D eigenvalue weighted by Crippen LogP contribution is -2.31. The van der Waals surface area contributed by atoms with Gasteiger partial charge in [-0.2, -0.15) is 0 Å². The molecule has 1 heterocycles. The summed E-state index contributed by atoms with van der Waals surface area (Å²) in [5, 5.41) is 2.94. The lowest BCUT2D eigenvalue weighted by molar-refractivity contribution is -0.128. The summed E-state index contributed by atoms with van der Waals surface area (Å²) >= 11 is 0. The van der Waals surface area contributed by atoms with E-state index in [-0.39, 0.29) is 35.4 Å². The van der Waals surface area contributed by atoms with Crippen LogP contribution in [0.4, 0.5) is 5.69 Å². The molecule has 1 aliphatic heterocycles. The van der Waals surface area contributed by atoms with Crippen LogP contribution in [-0.4, -0.2) is 36.4 Å². The number of likely N-dealkylation sites (tertiary alicyclic amines) is 1. The van der Waals surface area contributed by atoms with Crippen LogP contribution in [0.3, 0.4) is 0 Å². The first-order valence-corrected chi connectivity index (χ1v) is 6.15. The van der Waals surface area contributed by atoms with E-state index in [2.05, 4.69) is 10.3 Å². The Labute approximate surface area is 123 Å². The maximum atomic E-state index is 11.7. The van der Waals surface area contributed by atoms with E-state index in [4.69, 9.17) is 5.73 Å². The number of carbonyl (C=O) groups excluding carboxylic acids is 1. The molecular weight excluding hydrogens is 308 g/mol. The molecule has 104 valence electrons. The highest BCUT2D eigenvalue weighted by molar-refractivity contribution is 8.93. The molecule has 0 bridgehead atoms. The maximum Gasteiger partial charge on any atom is 0.244 e. The van der Waals surface area contributed by atoms with Crippen LogP contribution in [0, 0.1) is 0 Å². The second-order valence-electron chi connectivity index (χ2n) is 4.28. The first kappa shape index (κ1) is 15.5. The number of rotatable bonds is 3. The smallest absolute Gasteiger partial charge is 0.244 e. The van der Waals surface area contributed by atoms with Gasteiger partial charge in [-0.3, -0.25) is 4.79 Å². The first-order chi connectivity index (χ1) is 8.75. The van der Waals surface area contributed by atoms with E-state index in [1.807, 2.05) is 35.2 Å². The van der Waals surface area contributed by atoms with Crippen molar-refractivity contribution < 1.29 is 4.79 Å². The van der Waals surface area contributed by atoms with Gasteiger partial charge in [-0.05, 0) is 25.0 Å². The Kier molecular flexibility index (Phi) is 6.35. The number of nitrogens with one attached hydrogen (secondary N) is 1. The summed E-state index contributed by atoms with van der Waals surface area (Å²) in [5.74, 6) is 0.319. The predicted octanol–water partition coefficient (Wildman–Crippen LogP) is 1.61. The normalized spacial score (nSPS) is 14.9. The van der Waals surface area contributed by atoms with Crippen molar-refractivity contribution in [1.82, 2.24) is 4.90 Å². The summed E-state index contributed by atoms with van der Waals surface area (Å²) in [7, 11) is 0. The van der Waals surface area contributed by atoms with E-state index in [0.29, 0.717) is 0 Å². The molecule has 0 unspecified atom stereocenters. The average Bonchev–Trinajstić information content (AvgIpc) is 2.91. The lowest BCUT2D eigenvalue weighted by Gasteiger charge is -2.13. The number of hydrogen-bond acceptors (Lipinski definition) is 2. The number of benzene rings is 1. The average molecular weight is 327 g/mol. The summed E-state index contributed by atoms with van der Waals surface area (Å²) in [6.45, 7) is 1.81. The number of nitrogens with two attached hydrogens (primary N) is 1. The Morgan fingerprint density at radius 2 is 1.89 bits per heavy atom. The number of carbonyl (C=O) groups is 1. The summed E-state index contributed by atoms with van der Waals surface area (Å²) in [5.41, 5.74) is 6.59. The molecule has 5 nitrogen and oxygen atoms in total. The molecule has 0 aliphatic carbocycles. The predicted molar refractivity (Wildman–Crippen MR) is 82.7 cm³/mol. The summed E-state index contributed by atoms with van der Waals surface area (Å²) in [6, 6.07) is 9.53. The van der Waals surface area contributed by atoms with Crippen molar-refractivity contribution in [2.24, 2.45) is 10.7 Å². The molecule has 1 aliphatic rings. The maximum absolute atomic E-state index is 11.7. The van der Waals surface area contributed by atoms with Crippen LogP contribution in [0.5, 0.6) is 0 Å². The van der Waals surface area contributed by atoms with Gasteiger partial charge in [0, 0.05) is 18.8 Å². The highest BCUT2D eigenvalue weighted by Crippen LogP contribution is 2.07. The highest BCUT2D eigenvalue weighted by atomic mass is 79.9. The number of guanidine groups is 1. The monoisotopic (exact) mass is 326 g/mol. The van der Waals surface area contributed by atoms with Crippen molar-refractivity contribution in [1.29, 1.82) is 0 Å². The molecule has 1 saturated heterocycles. The zero-order valence-corrected chi connectivity index (χ0v) is 12.4. The van der Waals surface area contributed by atoms with Crippen LogP contribution >= 0.6 is 17.0 Å². The van der Waals surface area contributed by atoms with Crippen LogP contribution < -0.4 is 11.1 Å². The van der Waals surface area contributed by atoms with Gasteiger partial charge in [-0.1, -0.05) is 18.2 Å². The second-order valence-corrected chi connectivity index (χ2v) is 4.28. The number of halogens is 1. The van der Waals surface area contributed by atoms with E-state index in [9.17, 15) is 4.79 Å². The van der Waals surface area contributed by atoms with Crippen LogP contribution in [0.15, 0.2) is 35.3 Å². The molecule has 0 spiro atoms. The fraction of sp³-hybridized carbons (Fsp3) is 0.385. The van der Waals surface area contributed by atoms with Gasteiger partial charge in [0.05, 0.1) is 0 Å². The lowest BCUT2D eigenvalue weighted by atomic mass is 10.3. The van der Waals surface area contributed by atoms with Gasteiger partial charge in [-0.25, -0.2) is 4.99 Å². The second kappa shape index (κ2) is 7.78. The molecule has 19 heavy (non-hydrogen) atoms. The van der Waals surface area contributed by atoms with E-state index >= 15 is 0 Å². The third kappa shape index (κ3) is 4.90. The minimum atomic E-state index is 0. The Balaban J connectivity index is 0.00000180. The van der Waals surface area contributed by atoms with E-state index in [1.165, 1.54) is 0 Å². The van der Waals surface area contributed by atoms with Gasteiger partial charge in [-0.15, -0.1) is 17.0 Å². The highest BCUT2D eigenvalue weighted by Gasteiger charge is 2.16.